The van der Waals surface area contributed by atoms with E-state index in [1.807, 2.05) is 59.1 Å². The van der Waals surface area contributed by atoms with Gasteiger partial charge < -0.3 is 9.47 Å². The molecule has 0 aliphatic heterocycles. The topological polar surface area (TPSA) is 61.5 Å². The summed E-state index contributed by atoms with van der Waals surface area (Å²) in [7, 11) is 3.25. The summed E-state index contributed by atoms with van der Waals surface area (Å²) >= 11 is 0. The van der Waals surface area contributed by atoms with Gasteiger partial charge in [0.05, 0.1) is 19.8 Å². The van der Waals surface area contributed by atoms with Gasteiger partial charge in [-0.2, -0.15) is 0 Å². The summed E-state index contributed by atoms with van der Waals surface area (Å²) in [5.74, 6) is 2.04. The molecule has 0 unspecified atom stereocenters. The lowest BCUT2D eigenvalue weighted by molar-refractivity contribution is 0.399. The van der Waals surface area contributed by atoms with Gasteiger partial charge in [0.2, 0.25) is 5.88 Å². The highest BCUT2D eigenvalue weighted by Crippen LogP contribution is 2.28. The van der Waals surface area contributed by atoms with Crippen LogP contribution in [0.4, 0.5) is 0 Å². The van der Waals surface area contributed by atoms with Crippen LogP contribution >= 0.6 is 0 Å². The van der Waals surface area contributed by atoms with Crippen molar-refractivity contribution < 1.29 is 9.47 Å². The number of rotatable bonds is 4. The van der Waals surface area contributed by atoms with Gasteiger partial charge in [-0.15, -0.1) is 10.2 Å². The molecule has 0 radical (unpaired) electrons. The van der Waals surface area contributed by atoms with E-state index in [0.717, 1.165) is 28.1 Å². The van der Waals surface area contributed by atoms with Crippen LogP contribution in [0.5, 0.6) is 11.6 Å². The van der Waals surface area contributed by atoms with E-state index in [0.29, 0.717) is 11.7 Å². The third kappa shape index (κ3) is 2.67. The van der Waals surface area contributed by atoms with Crippen molar-refractivity contribution in [2.24, 2.45) is 0 Å². The number of nitrogens with zero attached hydrogens (tertiary/aromatic N) is 4. The molecule has 3 heterocycles. The lowest BCUT2D eigenvalue weighted by atomic mass is 10.1. The van der Waals surface area contributed by atoms with Gasteiger partial charge in [0, 0.05) is 12.4 Å². The van der Waals surface area contributed by atoms with Crippen molar-refractivity contribution in [1.29, 1.82) is 0 Å². The first-order valence-electron chi connectivity index (χ1n) is 7.79. The van der Waals surface area contributed by atoms with Gasteiger partial charge in [-0.3, -0.25) is 4.40 Å². The Labute approximate surface area is 144 Å². The van der Waals surface area contributed by atoms with E-state index in [4.69, 9.17) is 9.47 Å². The van der Waals surface area contributed by atoms with E-state index in [1.165, 1.54) is 0 Å². The molecular formula is C19H16N4O2. The first-order chi connectivity index (χ1) is 12.3. The summed E-state index contributed by atoms with van der Waals surface area (Å²) in [4.78, 5) is 4.24. The van der Waals surface area contributed by atoms with Gasteiger partial charge in [0.1, 0.15) is 5.75 Å². The monoisotopic (exact) mass is 332 g/mol. The van der Waals surface area contributed by atoms with Crippen LogP contribution in [-0.2, 0) is 0 Å². The largest absolute Gasteiger partial charge is 0.497 e. The Morgan fingerprint density at radius 3 is 2.40 bits per heavy atom. The quantitative estimate of drug-likeness (QED) is 0.572. The molecule has 0 amide bonds. The fourth-order valence-corrected chi connectivity index (χ4v) is 2.75. The van der Waals surface area contributed by atoms with Crippen LogP contribution in [0.2, 0.25) is 0 Å². The minimum atomic E-state index is 0.520. The average molecular weight is 332 g/mol. The Morgan fingerprint density at radius 2 is 1.64 bits per heavy atom. The van der Waals surface area contributed by atoms with Crippen LogP contribution in [0, 0.1) is 0 Å². The Kier molecular flexibility index (Phi) is 3.78. The number of methoxy groups -OCH3 is 2. The summed E-state index contributed by atoms with van der Waals surface area (Å²) in [5, 5.41) is 8.55. The van der Waals surface area contributed by atoms with Crippen molar-refractivity contribution in [2.75, 3.05) is 14.2 Å². The third-order valence-corrected chi connectivity index (χ3v) is 4.03. The maximum absolute atomic E-state index is 5.35. The molecule has 0 bridgehead atoms. The fourth-order valence-electron chi connectivity index (χ4n) is 2.75. The van der Waals surface area contributed by atoms with Crippen LogP contribution in [0.15, 0.2) is 60.9 Å². The van der Waals surface area contributed by atoms with Gasteiger partial charge in [0.25, 0.3) is 0 Å². The molecule has 4 rings (SSSR count). The molecule has 0 aliphatic rings. The molecule has 6 nitrogen and oxygen atoms in total. The van der Waals surface area contributed by atoms with Crippen molar-refractivity contribution in [2.45, 2.75) is 0 Å². The molecular weight excluding hydrogens is 316 g/mol. The summed E-state index contributed by atoms with van der Waals surface area (Å²) in [6.45, 7) is 0. The molecule has 4 aromatic rings. The Balaban J connectivity index is 1.85. The Morgan fingerprint density at radius 1 is 0.840 bits per heavy atom. The Bertz CT molecular complexity index is 1030. The molecule has 0 N–H and O–H groups in total. The first-order valence-corrected chi connectivity index (χ1v) is 7.79. The van der Waals surface area contributed by atoms with E-state index < -0.39 is 0 Å². The predicted octanol–water partition coefficient (Wildman–Crippen LogP) is 3.48. The summed E-state index contributed by atoms with van der Waals surface area (Å²) in [6.07, 6.45) is 3.70. The molecule has 0 saturated heterocycles. The second-order valence-corrected chi connectivity index (χ2v) is 5.46. The predicted molar refractivity (Wildman–Crippen MR) is 94.8 cm³/mol. The third-order valence-electron chi connectivity index (χ3n) is 4.03. The number of aromatic nitrogens is 4. The van der Waals surface area contributed by atoms with Crippen molar-refractivity contribution in [3.63, 3.8) is 0 Å². The number of ether oxygens (including phenoxy) is 2. The van der Waals surface area contributed by atoms with Gasteiger partial charge in [-0.25, -0.2) is 4.98 Å². The second kappa shape index (κ2) is 6.24. The summed E-state index contributed by atoms with van der Waals surface area (Å²) < 4.78 is 12.5. The van der Waals surface area contributed by atoms with Crippen molar-refractivity contribution in [3.8, 4) is 34.1 Å². The molecule has 25 heavy (non-hydrogen) atoms. The lowest BCUT2D eigenvalue weighted by Crippen LogP contribution is -1.95. The van der Waals surface area contributed by atoms with E-state index in [1.54, 1.807) is 20.4 Å². The smallest absolute Gasteiger partial charge is 0.224 e. The minimum absolute atomic E-state index is 0.520. The van der Waals surface area contributed by atoms with Crippen LogP contribution < -0.4 is 9.47 Å². The molecule has 3 aromatic heterocycles. The number of hydrogen-bond acceptors (Lipinski definition) is 5. The van der Waals surface area contributed by atoms with E-state index >= 15 is 0 Å². The van der Waals surface area contributed by atoms with Crippen LogP contribution in [-0.4, -0.2) is 33.8 Å². The number of hydrogen-bond donors (Lipinski definition) is 0. The highest BCUT2D eigenvalue weighted by atomic mass is 16.5. The van der Waals surface area contributed by atoms with E-state index in [-0.39, 0.29) is 0 Å². The van der Waals surface area contributed by atoms with Crippen molar-refractivity contribution >= 4 is 5.65 Å². The van der Waals surface area contributed by atoms with Crippen LogP contribution in [0.25, 0.3) is 28.2 Å². The number of pyridine rings is 2. The molecule has 6 heteroatoms. The van der Waals surface area contributed by atoms with Gasteiger partial charge in [-0.1, -0.05) is 12.1 Å². The highest BCUT2D eigenvalue weighted by molar-refractivity contribution is 5.69. The molecule has 0 saturated carbocycles. The highest BCUT2D eigenvalue weighted by Gasteiger charge is 2.14. The van der Waals surface area contributed by atoms with E-state index in [9.17, 15) is 0 Å². The zero-order chi connectivity index (χ0) is 17.2. The van der Waals surface area contributed by atoms with Crippen LogP contribution in [0.3, 0.4) is 0 Å². The lowest BCUT2D eigenvalue weighted by Gasteiger charge is -2.07. The maximum atomic E-state index is 5.35. The van der Waals surface area contributed by atoms with Crippen molar-refractivity contribution in [1.82, 2.24) is 19.6 Å². The Hall–Kier alpha value is -3.41. The van der Waals surface area contributed by atoms with Gasteiger partial charge in [-0.05, 0) is 47.5 Å². The zero-order valence-electron chi connectivity index (χ0n) is 13.9. The maximum Gasteiger partial charge on any atom is 0.224 e. The van der Waals surface area contributed by atoms with E-state index in [2.05, 4.69) is 15.2 Å². The number of benzene rings is 1. The molecule has 1 aromatic carbocycles. The number of fused-ring (bicyclic) bond motifs is 1. The van der Waals surface area contributed by atoms with Gasteiger partial charge in [0.15, 0.2) is 11.5 Å². The molecule has 124 valence electrons. The van der Waals surface area contributed by atoms with Crippen molar-refractivity contribution in [3.05, 3.63) is 60.9 Å². The average Bonchev–Trinajstić information content (AvgIpc) is 3.11. The molecule has 0 fully saturated rings. The molecule has 0 spiro atoms. The zero-order valence-corrected chi connectivity index (χ0v) is 13.9. The standard InChI is InChI=1S/C19H16N4O2/c1-24-15-8-5-13(6-9-15)14-7-10-17-21-22-18(23(17)12-14)16-4-3-11-20-19(16)25-2/h3-12H,1-2H3. The molecule has 0 atom stereocenters. The summed E-state index contributed by atoms with van der Waals surface area (Å²) in [6, 6.07) is 15.7. The van der Waals surface area contributed by atoms with Crippen LogP contribution in [0.1, 0.15) is 0 Å². The molecule has 0 aliphatic carbocycles. The SMILES string of the molecule is COc1ccc(-c2ccc3nnc(-c4cccnc4OC)n3c2)cc1. The first kappa shape index (κ1) is 15.1. The van der Waals surface area contributed by atoms with Gasteiger partial charge >= 0.3 is 0 Å². The second-order valence-electron chi connectivity index (χ2n) is 5.46. The minimum Gasteiger partial charge on any atom is -0.497 e. The summed E-state index contributed by atoms with van der Waals surface area (Å²) in [5.41, 5.74) is 3.70. The normalized spacial score (nSPS) is 10.8. The fraction of sp³-hybridized carbons (Fsp3) is 0.105.